The highest BCUT2D eigenvalue weighted by atomic mass is 19.1. The Morgan fingerprint density at radius 1 is 1.36 bits per heavy atom. The molecule has 1 unspecified atom stereocenters. The fourth-order valence-electron chi connectivity index (χ4n) is 2.43. The number of methoxy groups -OCH3 is 1. The molecular weight excluding hydrogens is 329 g/mol. The zero-order chi connectivity index (χ0) is 18.6. The molecule has 25 heavy (non-hydrogen) atoms. The number of nitrogens with one attached hydrogen (secondary N) is 1. The number of carboxylic acid groups (broad SMARTS) is 1. The Hall–Kier alpha value is -2.74. The van der Waals surface area contributed by atoms with Crippen molar-refractivity contribution in [3.63, 3.8) is 0 Å². The molecule has 0 aliphatic carbocycles. The zero-order valence-corrected chi connectivity index (χ0v) is 14.2. The molecule has 1 aromatic carbocycles. The van der Waals surface area contributed by atoms with E-state index >= 15 is 0 Å². The second-order valence-corrected chi connectivity index (χ2v) is 5.65. The summed E-state index contributed by atoms with van der Waals surface area (Å²) in [5, 5.41) is 15.7. The molecule has 1 aromatic heterocycles. The lowest BCUT2D eigenvalue weighted by Crippen LogP contribution is -2.41. The highest BCUT2D eigenvalue weighted by molar-refractivity contribution is 5.96. The van der Waals surface area contributed by atoms with Crippen LogP contribution in [0, 0.1) is 19.7 Å². The van der Waals surface area contributed by atoms with Crippen LogP contribution >= 0.6 is 0 Å². The molecule has 0 spiro atoms. The molecule has 0 saturated carbocycles. The fourth-order valence-corrected chi connectivity index (χ4v) is 2.43. The van der Waals surface area contributed by atoms with Gasteiger partial charge in [-0.15, -0.1) is 0 Å². The number of aryl methyl sites for hydroxylation is 2. The lowest BCUT2D eigenvalue weighted by atomic mass is 10.1. The Morgan fingerprint density at radius 3 is 2.60 bits per heavy atom. The molecule has 0 saturated heterocycles. The van der Waals surface area contributed by atoms with Crippen molar-refractivity contribution in [1.29, 1.82) is 0 Å². The molecule has 0 fully saturated rings. The average molecular weight is 349 g/mol. The average Bonchev–Trinajstić information content (AvgIpc) is 2.89. The van der Waals surface area contributed by atoms with Crippen molar-refractivity contribution >= 4 is 11.9 Å². The van der Waals surface area contributed by atoms with Crippen LogP contribution in [0.5, 0.6) is 0 Å². The molecule has 1 atom stereocenters. The third-order valence-electron chi connectivity index (χ3n) is 3.66. The number of amides is 1. The maximum Gasteiger partial charge on any atom is 0.326 e. The Kier molecular flexibility index (Phi) is 5.87. The summed E-state index contributed by atoms with van der Waals surface area (Å²) in [5.41, 5.74) is 1.77. The summed E-state index contributed by atoms with van der Waals surface area (Å²) >= 11 is 0. The molecule has 0 bridgehead atoms. The minimum absolute atomic E-state index is 0.0337. The first-order valence-electron chi connectivity index (χ1n) is 7.69. The van der Waals surface area contributed by atoms with Crippen molar-refractivity contribution in [3.05, 3.63) is 47.0 Å². The maximum atomic E-state index is 14.4. The Labute approximate surface area is 144 Å². The first-order chi connectivity index (χ1) is 11.8. The third kappa shape index (κ3) is 4.42. The van der Waals surface area contributed by atoms with Crippen LogP contribution in [0.4, 0.5) is 4.39 Å². The number of carboxylic acids is 1. The van der Waals surface area contributed by atoms with Gasteiger partial charge in [0.2, 0.25) is 0 Å². The smallest absolute Gasteiger partial charge is 0.326 e. The number of aromatic nitrogens is 2. The van der Waals surface area contributed by atoms with Gasteiger partial charge in [0, 0.05) is 31.4 Å². The molecule has 2 rings (SSSR count). The van der Waals surface area contributed by atoms with Gasteiger partial charge in [0.1, 0.15) is 17.5 Å². The molecule has 8 heteroatoms. The molecule has 7 nitrogen and oxygen atoms in total. The summed E-state index contributed by atoms with van der Waals surface area (Å²) in [4.78, 5) is 23.4. The van der Waals surface area contributed by atoms with Crippen LogP contribution in [-0.4, -0.2) is 46.5 Å². The van der Waals surface area contributed by atoms with E-state index in [2.05, 4.69) is 10.4 Å². The number of ether oxygens (including phenoxy) is 1. The predicted molar refractivity (Wildman–Crippen MR) is 88.4 cm³/mol. The zero-order valence-electron chi connectivity index (χ0n) is 14.2. The minimum Gasteiger partial charge on any atom is -0.480 e. The molecule has 1 amide bonds. The first-order valence-corrected chi connectivity index (χ1v) is 7.69. The van der Waals surface area contributed by atoms with Gasteiger partial charge in [-0.3, -0.25) is 4.79 Å². The van der Waals surface area contributed by atoms with Crippen molar-refractivity contribution in [2.45, 2.75) is 26.3 Å². The molecule has 0 radical (unpaired) electrons. The van der Waals surface area contributed by atoms with Crippen LogP contribution < -0.4 is 5.32 Å². The topological polar surface area (TPSA) is 93.5 Å². The SMILES string of the molecule is COCCC(NC(=O)c1ccc(-n2nc(C)cc2C)c(F)c1)C(=O)O. The van der Waals surface area contributed by atoms with E-state index < -0.39 is 23.7 Å². The van der Waals surface area contributed by atoms with Gasteiger partial charge in [-0.05, 0) is 38.1 Å². The van der Waals surface area contributed by atoms with Gasteiger partial charge in [-0.25, -0.2) is 13.9 Å². The van der Waals surface area contributed by atoms with Crippen LogP contribution in [0.1, 0.15) is 28.2 Å². The van der Waals surface area contributed by atoms with Gasteiger partial charge in [0.15, 0.2) is 0 Å². The quantitative estimate of drug-likeness (QED) is 0.796. The maximum absolute atomic E-state index is 14.4. The summed E-state index contributed by atoms with van der Waals surface area (Å²) in [6.45, 7) is 3.78. The van der Waals surface area contributed by atoms with E-state index in [4.69, 9.17) is 9.84 Å². The van der Waals surface area contributed by atoms with Crippen molar-refractivity contribution in [2.75, 3.05) is 13.7 Å². The van der Waals surface area contributed by atoms with Gasteiger partial charge >= 0.3 is 5.97 Å². The Bertz CT molecular complexity index is 788. The van der Waals surface area contributed by atoms with Gasteiger partial charge in [0.25, 0.3) is 5.91 Å². The van der Waals surface area contributed by atoms with Crippen LogP contribution in [0.2, 0.25) is 0 Å². The summed E-state index contributed by atoms with van der Waals surface area (Å²) < 4.78 is 20.7. The van der Waals surface area contributed by atoms with Gasteiger partial charge in [-0.1, -0.05) is 0 Å². The van der Waals surface area contributed by atoms with E-state index in [1.807, 2.05) is 6.07 Å². The lowest BCUT2D eigenvalue weighted by Gasteiger charge is -2.14. The number of halogens is 1. The molecule has 0 aliphatic heterocycles. The highest BCUT2D eigenvalue weighted by Gasteiger charge is 2.21. The van der Waals surface area contributed by atoms with Crippen LogP contribution in [-0.2, 0) is 9.53 Å². The van der Waals surface area contributed by atoms with E-state index in [0.717, 1.165) is 17.5 Å². The second-order valence-electron chi connectivity index (χ2n) is 5.65. The van der Waals surface area contributed by atoms with E-state index in [0.29, 0.717) is 0 Å². The van der Waals surface area contributed by atoms with Crippen molar-refractivity contribution in [3.8, 4) is 5.69 Å². The monoisotopic (exact) mass is 349 g/mol. The Morgan fingerprint density at radius 2 is 2.08 bits per heavy atom. The molecule has 134 valence electrons. The predicted octanol–water partition coefficient (Wildman–Crippen LogP) is 1.85. The van der Waals surface area contributed by atoms with Crippen molar-refractivity contribution in [1.82, 2.24) is 15.1 Å². The van der Waals surface area contributed by atoms with Crippen LogP contribution in [0.15, 0.2) is 24.3 Å². The van der Waals surface area contributed by atoms with E-state index in [-0.39, 0.29) is 24.3 Å². The standard InChI is InChI=1S/C17H20FN3O4/c1-10-8-11(2)21(20-10)15-5-4-12(9-13(15)18)16(22)19-14(17(23)24)6-7-25-3/h4-5,8-9,14H,6-7H2,1-3H3,(H,19,22)(H,23,24). The summed E-state index contributed by atoms with van der Waals surface area (Å²) in [7, 11) is 1.44. The Balaban J connectivity index is 2.20. The first kappa shape index (κ1) is 18.6. The lowest BCUT2D eigenvalue weighted by molar-refractivity contribution is -0.139. The van der Waals surface area contributed by atoms with Crippen molar-refractivity contribution < 1.29 is 23.8 Å². The van der Waals surface area contributed by atoms with E-state index in [1.165, 1.54) is 23.9 Å². The summed E-state index contributed by atoms with van der Waals surface area (Å²) in [5.74, 6) is -2.46. The molecule has 2 aromatic rings. The van der Waals surface area contributed by atoms with Crippen LogP contribution in [0.3, 0.4) is 0 Å². The number of hydrogen-bond donors (Lipinski definition) is 2. The number of nitrogens with zero attached hydrogens (tertiary/aromatic N) is 2. The fraction of sp³-hybridized carbons (Fsp3) is 0.353. The number of benzene rings is 1. The van der Waals surface area contributed by atoms with Gasteiger partial charge < -0.3 is 15.2 Å². The number of carbonyl (C=O) groups is 2. The number of hydrogen-bond acceptors (Lipinski definition) is 4. The summed E-state index contributed by atoms with van der Waals surface area (Å²) in [6, 6.07) is 4.64. The number of rotatable bonds is 7. The molecule has 2 N–H and O–H groups in total. The van der Waals surface area contributed by atoms with E-state index in [1.54, 1.807) is 13.8 Å². The second kappa shape index (κ2) is 7.89. The van der Waals surface area contributed by atoms with Crippen molar-refractivity contribution in [2.24, 2.45) is 0 Å². The number of carbonyl (C=O) groups excluding carboxylic acids is 1. The summed E-state index contributed by atoms with van der Waals surface area (Å²) in [6.07, 6.45) is 0.115. The molecule has 1 heterocycles. The largest absolute Gasteiger partial charge is 0.480 e. The van der Waals surface area contributed by atoms with Crippen LogP contribution in [0.25, 0.3) is 5.69 Å². The molecular formula is C17H20FN3O4. The normalized spacial score (nSPS) is 12.0. The number of aliphatic carboxylic acids is 1. The highest BCUT2D eigenvalue weighted by Crippen LogP contribution is 2.17. The molecule has 0 aliphatic rings. The van der Waals surface area contributed by atoms with Gasteiger partial charge in [0.05, 0.1) is 5.69 Å². The van der Waals surface area contributed by atoms with E-state index in [9.17, 15) is 14.0 Å². The van der Waals surface area contributed by atoms with Gasteiger partial charge in [-0.2, -0.15) is 5.10 Å². The third-order valence-corrected chi connectivity index (χ3v) is 3.66. The minimum atomic E-state index is -1.18.